The standard InChI is InChI=1S/C21H24N2O5/c1-14-9-10-19(27-3)18(11-14)23-20(25)13-28-21(26)12-17(22-15(2)24)16-7-5-4-6-8-16/h4-11,17H,12-13H2,1-3H3,(H,22,24)(H,23,25)/t17-/m1/s1. The number of ether oxygens (including phenoxy) is 2. The van der Waals surface area contributed by atoms with E-state index in [1.54, 1.807) is 12.1 Å². The van der Waals surface area contributed by atoms with Gasteiger partial charge in [-0.3, -0.25) is 14.4 Å². The molecule has 0 saturated heterocycles. The van der Waals surface area contributed by atoms with Gasteiger partial charge in [-0.15, -0.1) is 0 Å². The number of hydrogen-bond donors (Lipinski definition) is 2. The first kappa shape index (κ1) is 21.0. The molecule has 28 heavy (non-hydrogen) atoms. The van der Waals surface area contributed by atoms with Crippen LogP contribution in [0.25, 0.3) is 0 Å². The van der Waals surface area contributed by atoms with E-state index >= 15 is 0 Å². The number of hydrogen-bond acceptors (Lipinski definition) is 5. The highest BCUT2D eigenvalue weighted by Crippen LogP contribution is 2.25. The molecule has 0 aliphatic carbocycles. The lowest BCUT2D eigenvalue weighted by Gasteiger charge is -2.17. The second-order valence-corrected chi connectivity index (χ2v) is 6.28. The van der Waals surface area contributed by atoms with Crippen molar-refractivity contribution < 1.29 is 23.9 Å². The van der Waals surface area contributed by atoms with Gasteiger partial charge in [0.2, 0.25) is 5.91 Å². The SMILES string of the molecule is COc1ccc(C)cc1NC(=O)COC(=O)C[C@@H](NC(C)=O)c1ccccc1. The van der Waals surface area contributed by atoms with Crippen LogP contribution in [0.15, 0.2) is 48.5 Å². The fraction of sp³-hybridized carbons (Fsp3) is 0.286. The molecular weight excluding hydrogens is 360 g/mol. The molecule has 7 heteroatoms. The Hall–Kier alpha value is -3.35. The third-order valence-corrected chi connectivity index (χ3v) is 3.94. The maximum absolute atomic E-state index is 12.2. The molecule has 0 spiro atoms. The van der Waals surface area contributed by atoms with E-state index in [9.17, 15) is 14.4 Å². The third kappa shape index (κ3) is 6.42. The van der Waals surface area contributed by atoms with Crippen LogP contribution in [0, 0.1) is 6.92 Å². The van der Waals surface area contributed by atoms with E-state index in [0.717, 1.165) is 11.1 Å². The Labute approximate surface area is 164 Å². The molecule has 0 aromatic heterocycles. The average Bonchev–Trinajstić information content (AvgIpc) is 2.66. The van der Waals surface area contributed by atoms with Crippen LogP contribution in [-0.4, -0.2) is 31.5 Å². The van der Waals surface area contributed by atoms with Crippen molar-refractivity contribution in [2.24, 2.45) is 0 Å². The van der Waals surface area contributed by atoms with Crippen LogP contribution >= 0.6 is 0 Å². The molecule has 2 amide bonds. The summed E-state index contributed by atoms with van der Waals surface area (Å²) in [5.41, 5.74) is 2.24. The van der Waals surface area contributed by atoms with Crippen molar-refractivity contribution in [3.63, 3.8) is 0 Å². The smallest absolute Gasteiger partial charge is 0.308 e. The van der Waals surface area contributed by atoms with Gasteiger partial charge in [-0.2, -0.15) is 0 Å². The summed E-state index contributed by atoms with van der Waals surface area (Å²) in [5.74, 6) is -0.812. The van der Waals surface area contributed by atoms with Crippen LogP contribution in [0.3, 0.4) is 0 Å². The Morgan fingerprint density at radius 3 is 2.43 bits per heavy atom. The van der Waals surface area contributed by atoms with Crippen LogP contribution in [-0.2, 0) is 19.1 Å². The molecular formula is C21H24N2O5. The fourth-order valence-corrected chi connectivity index (χ4v) is 2.66. The van der Waals surface area contributed by atoms with E-state index in [0.29, 0.717) is 11.4 Å². The van der Waals surface area contributed by atoms with E-state index in [4.69, 9.17) is 9.47 Å². The van der Waals surface area contributed by atoms with E-state index < -0.39 is 24.5 Å². The van der Waals surface area contributed by atoms with E-state index in [1.807, 2.05) is 43.3 Å². The summed E-state index contributed by atoms with van der Waals surface area (Å²) >= 11 is 0. The van der Waals surface area contributed by atoms with Crippen LogP contribution in [0.4, 0.5) is 5.69 Å². The van der Waals surface area contributed by atoms with Crippen LogP contribution in [0.1, 0.15) is 30.5 Å². The highest BCUT2D eigenvalue weighted by molar-refractivity contribution is 5.94. The Morgan fingerprint density at radius 2 is 1.79 bits per heavy atom. The molecule has 0 radical (unpaired) electrons. The van der Waals surface area contributed by atoms with Crippen molar-refractivity contribution >= 4 is 23.5 Å². The lowest BCUT2D eigenvalue weighted by molar-refractivity contribution is -0.148. The Bertz CT molecular complexity index is 836. The molecule has 2 rings (SSSR count). The molecule has 0 fully saturated rings. The van der Waals surface area contributed by atoms with E-state index in [2.05, 4.69) is 10.6 Å². The fourth-order valence-electron chi connectivity index (χ4n) is 2.66. The third-order valence-electron chi connectivity index (χ3n) is 3.94. The number of carbonyl (C=O) groups excluding carboxylic acids is 3. The minimum atomic E-state index is -0.589. The van der Waals surface area contributed by atoms with Gasteiger partial charge in [-0.05, 0) is 30.2 Å². The minimum absolute atomic E-state index is 0.0787. The summed E-state index contributed by atoms with van der Waals surface area (Å²) < 4.78 is 10.3. The van der Waals surface area contributed by atoms with Crippen molar-refractivity contribution in [1.82, 2.24) is 5.32 Å². The average molecular weight is 384 g/mol. The molecule has 2 N–H and O–H groups in total. The number of benzene rings is 2. The molecule has 1 atom stereocenters. The van der Waals surface area contributed by atoms with Crippen molar-refractivity contribution in [1.29, 1.82) is 0 Å². The number of nitrogens with one attached hydrogen (secondary N) is 2. The molecule has 0 unspecified atom stereocenters. The van der Waals surface area contributed by atoms with E-state index in [1.165, 1.54) is 14.0 Å². The second-order valence-electron chi connectivity index (χ2n) is 6.28. The van der Waals surface area contributed by atoms with Crippen LogP contribution < -0.4 is 15.4 Å². The van der Waals surface area contributed by atoms with Gasteiger partial charge < -0.3 is 20.1 Å². The molecule has 0 heterocycles. The molecule has 2 aromatic carbocycles. The predicted octanol–water partition coefficient (Wildman–Crippen LogP) is 2.75. The number of esters is 1. The first-order valence-electron chi connectivity index (χ1n) is 8.81. The largest absolute Gasteiger partial charge is 0.495 e. The Kier molecular flexibility index (Phi) is 7.56. The van der Waals surface area contributed by atoms with Gasteiger partial charge in [0.15, 0.2) is 6.61 Å². The highest BCUT2D eigenvalue weighted by Gasteiger charge is 2.19. The predicted molar refractivity (Wildman–Crippen MR) is 105 cm³/mol. The van der Waals surface area contributed by atoms with Crippen molar-refractivity contribution in [3.8, 4) is 5.75 Å². The summed E-state index contributed by atoms with van der Waals surface area (Å²) in [6, 6.07) is 13.9. The van der Waals surface area contributed by atoms with Crippen molar-refractivity contribution in [2.75, 3.05) is 19.0 Å². The lowest BCUT2D eigenvalue weighted by Crippen LogP contribution is -2.29. The van der Waals surface area contributed by atoms with Gasteiger partial charge in [0.25, 0.3) is 5.91 Å². The van der Waals surface area contributed by atoms with Crippen molar-refractivity contribution in [2.45, 2.75) is 26.3 Å². The first-order chi connectivity index (χ1) is 13.4. The zero-order chi connectivity index (χ0) is 20.5. The van der Waals surface area contributed by atoms with Gasteiger partial charge in [-0.1, -0.05) is 36.4 Å². The monoisotopic (exact) mass is 384 g/mol. The summed E-state index contributed by atoms with van der Waals surface area (Å²) in [5, 5.41) is 5.38. The maximum atomic E-state index is 12.2. The number of carbonyl (C=O) groups is 3. The lowest BCUT2D eigenvalue weighted by atomic mass is 10.0. The Morgan fingerprint density at radius 1 is 1.07 bits per heavy atom. The summed E-state index contributed by atoms with van der Waals surface area (Å²) in [7, 11) is 1.51. The maximum Gasteiger partial charge on any atom is 0.308 e. The van der Waals surface area contributed by atoms with Gasteiger partial charge in [-0.25, -0.2) is 0 Å². The number of methoxy groups -OCH3 is 1. The normalized spacial score (nSPS) is 11.2. The molecule has 0 saturated carbocycles. The quantitative estimate of drug-likeness (QED) is 0.683. The molecule has 7 nitrogen and oxygen atoms in total. The minimum Gasteiger partial charge on any atom is -0.495 e. The first-order valence-corrected chi connectivity index (χ1v) is 8.81. The number of aryl methyl sites for hydroxylation is 1. The number of anilines is 1. The number of rotatable bonds is 8. The highest BCUT2D eigenvalue weighted by atomic mass is 16.5. The molecule has 0 aliphatic rings. The zero-order valence-corrected chi connectivity index (χ0v) is 16.2. The summed E-state index contributed by atoms with van der Waals surface area (Å²) in [4.78, 5) is 35.7. The van der Waals surface area contributed by atoms with Crippen LogP contribution in [0.2, 0.25) is 0 Å². The Balaban J connectivity index is 1.92. The van der Waals surface area contributed by atoms with Crippen molar-refractivity contribution in [3.05, 3.63) is 59.7 Å². The number of amides is 2. The molecule has 148 valence electrons. The van der Waals surface area contributed by atoms with Gasteiger partial charge in [0.05, 0.1) is 25.3 Å². The van der Waals surface area contributed by atoms with Gasteiger partial charge in [0.1, 0.15) is 5.75 Å². The molecule has 0 bridgehead atoms. The van der Waals surface area contributed by atoms with Gasteiger partial charge >= 0.3 is 5.97 Å². The summed E-state index contributed by atoms with van der Waals surface area (Å²) in [6.45, 7) is 2.84. The molecule has 0 aliphatic heterocycles. The van der Waals surface area contributed by atoms with Gasteiger partial charge in [0, 0.05) is 6.92 Å². The van der Waals surface area contributed by atoms with Crippen LogP contribution in [0.5, 0.6) is 5.75 Å². The molecule has 2 aromatic rings. The summed E-state index contributed by atoms with van der Waals surface area (Å²) in [6.07, 6.45) is -0.0787. The zero-order valence-electron chi connectivity index (χ0n) is 16.2. The van der Waals surface area contributed by atoms with E-state index in [-0.39, 0.29) is 12.3 Å². The topological polar surface area (TPSA) is 93.7 Å². The second kappa shape index (κ2) is 10.1.